The fraction of sp³-hybridized carbons (Fsp3) is 0.692. The maximum Gasteiger partial charge on any atom is 0.307 e. The lowest BCUT2D eigenvalue weighted by Crippen LogP contribution is -2.40. The fourth-order valence-corrected chi connectivity index (χ4v) is 1.67. The van der Waals surface area contributed by atoms with E-state index in [-0.39, 0.29) is 12.5 Å². The van der Waals surface area contributed by atoms with Gasteiger partial charge >= 0.3 is 5.97 Å². The van der Waals surface area contributed by atoms with E-state index in [0.29, 0.717) is 12.5 Å². The molecule has 0 saturated heterocycles. The molecule has 0 aliphatic heterocycles. The van der Waals surface area contributed by atoms with Crippen molar-refractivity contribution in [2.75, 3.05) is 13.1 Å². The largest absolute Gasteiger partial charge is 0.481 e. The van der Waals surface area contributed by atoms with E-state index in [2.05, 4.69) is 5.92 Å². The van der Waals surface area contributed by atoms with Crippen LogP contribution in [0.3, 0.4) is 0 Å². The second kappa shape index (κ2) is 5.72. The summed E-state index contributed by atoms with van der Waals surface area (Å²) >= 11 is 0. The number of carboxylic acid groups (broad SMARTS) is 1. The highest BCUT2D eigenvalue weighted by Gasteiger charge is 2.32. The molecule has 1 fully saturated rings. The predicted octanol–water partition coefficient (Wildman–Crippen LogP) is 1.21. The highest BCUT2D eigenvalue weighted by Crippen LogP contribution is 2.30. The minimum Gasteiger partial charge on any atom is -0.481 e. The van der Waals surface area contributed by atoms with E-state index in [1.54, 1.807) is 18.7 Å². The quantitative estimate of drug-likeness (QED) is 0.706. The Labute approximate surface area is 102 Å². The van der Waals surface area contributed by atoms with Gasteiger partial charge in [-0.15, -0.1) is 6.42 Å². The van der Waals surface area contributed by atoms with Crippen LogP contribution in [0.5, 0.6) is 0 Å². The first-order valence-electron chi connectivity index (χ1n) is 5.92. The third-order valence-electron chi connectivity index (χ3n) is 3.30. The molecule has 0 spiro atoms. The molecular weight excluding hydrogens is 218 g/mol. The van der Waals surface area contributed by atoms with Gasteiger partial charge < -0.3 is 10.0 Å². The van der Waals surface area contributed by atoms with E-state index in [4.69, 9.17) is 11.5 Å². The summed E-state index contributed by atoms with van der Waals surface area (Å²) in [4.78, 5) is 24.6. The zero-order valence-electron chi connectivity index (χ0n) is 10.3. The molecule has 1 amide bonds. The predicted molar refractivity (Wildman–Crippen MR) is 64.1 cm³/mol. The lowest BCUT2D eigenvalue weighted by molar-refractivity contribution is -0.148. The third-order valence-corrected chi connectivity index (χ3v) is 3.30. The number of carboxylic acids is 1. The van der Waals surface area contributed by atoms with Crippen LogP contribution >= 0.6 is 0 Å². The zero-order valence-corrected chi connectivity index (χ0v) is 10.3. The molecule has 1 aliphatic carbocycles. The molecule has 2 unspecified atom stereocenters. The molecule has 1 aliphatic rings. The van der Waals surface area contributed by atoms with Crippen LogP contribution < -0.4 is 0 Å². The van der Waals surface area contributed by atoms with Crippen molar-refractivity contribution < 1.29 is 14.7 Å². The van der Waals surface area contributed by atoms with Crippen molar-refractivity contribution in [3.63, 3.8) is 0 Å². The second-order valence-electron chi connectivity index (χ2n) is 4.78. The highest BCUT2D eigenvalue weighted by molar-refractivity contribution is 5.84. The van der Waals surface area contributed by atoms with Crippen molar-refractivity contribution in [2.45, 2.75) is 26.7 Å². The Hall–Kier alpha value is -1.50. The third kappa shape index (κ3) is 3.77. The van der Waals surface area contributed by atoms with Crippen molar-refractivity contribution in [3.05, 3.63) is 0 Å². The minimum absolute atomic E-state index is 0.148. The van der Waals surface area contributed by atoms with Gasteiger partial charge in [0.15, 0.2) is 0 Å². The molecule has 1 N–H and O–H groups in total. The van der Waals surface area contributed by atoms with Gasteiger partial charge in [-0.1, -0.05) is 19.8 Å². The summed E-state index contributed by atoms with van der Waals surface area (Å²) in [5, 5.41) is 8.90. The summed E-state index contributed by atoms with van der Waals surface area (Å²) < 4.78 is 0. The normalized spacial score (nSPS) is 17.9. The lowest BCUT2D eigenvalue weighted by Gasteiger charge is -2.25. The first kappa shape index (κ1) is 13.6. The van der Waals surface area contributed by atoms with Crippen LogP contribution in [0.4, 0.5) is 0 Å². The van der Waals surface area contributed by atoms with Gasteiger partial charge in [-0.25, -0.2) is 0 Å². The zero-order chi connectivity index (χ0) is 13.0. The van der Waals surface area contributed by atoms with Gasteiger partial charge in [0, 0.05) is 12.5 Å². The van der Waals surface area contributed by atoms with Crippen LogP contribution in [0.2, 0.25) is 0 Å². The van der Waals surface area contributed by atoms with Gasteiger partial charge in [-0.2, -0.15) is 0 Å². The molecule has 2 atom stereocenters. The smallest absolute Gasteiger partial charge is 0.307 e. The molecule has 0 aromatic heterocycles. The lowest BCUT2D eigenvalue weighted by atomic mass is 9.94. The monoisotopic (exact) mass is 237 g/mol. The number of rotatable bonds is 6. The van der Waals surface area contributed by atoms with Crippen LogP contribution in [-0.4, -0.2) is 35.0 Å². The molecule has 0 heterocycles. The van der Waals surface area contributed by atoms with Crippen LogP contribution in [0.1, 0.15) is 26.7 Å². The molecule has 17 heavy (non-hydrogen) atoms. The van der Waals surface area contributed by atoms with Gasteiger partial charge in [0.2, 0.25) is 5.91 Å². The molecular formula is C13H19NO3. The van der Waals surface area contributed by atoms with E-state index in [1.807, 2.05) is 0 Å². The van der Waals surface area contributed by atoms with Gasteiger partial charge in [0.1, 0.15) is 0 Å². The van der Waals surface area contributed by atoms with E-state index in [0.717, 1.165) is 12.8 Å². The SMILES string of the molecule is C#CCN(CC1CC1)C(=O)C(C)C(C)C(=O)O. The molecule has 0 aromatic rings. The highest BCUT2D eigenvalue weighted by atomic mass is 16.4. The summed E-state index contributed by atoms with van der Waals surface area (Å²) in [6.45, 7) is 4.14. The maximum atomic E-state index is 12.1. The van der Waals surface area contributed by atoms with Crippen molar-refractivity contribution in [1.29, 1.82) is 0 Å². The van der Waals surface area contributed by atoms with Crippen molar-refractivity contribution >= 4 is 11.9 Å². The first-order chi connectivity index (χ1) is 7.97. The number of carbonyl (C=O) groups excluding carboxylic acids is 1. The number of carbonyl (C=O) groups is 2. The number of nitrogens with zero attached hydrogens (tertiary/aromatic N) is 1. The Morgan fingerprint density at radius 2 is 2.00 bits per heavy atom. The summed E-state index contributed by atoms with van der Waals surface area (Å²) in [7, 11) is 0. The van der Waals surface area contributed by atoms with Crippen molar-refractivity contribution in [1.82, 2.24) is 4.90 Å². The minimum atomic E-state index is -0.946. The van der Waals surface area contributed by atoms with Crippen LogP contribution in [0.15, 0.2) is 0 Å². The summed E-state index contributed by atoms with van der Waals surface area (Å²) in [5.74, 6) is 0.716. The Balaban J connectivity index is 2.62. The molecule has 1 rings (SSSR count). The average Bonchev–Trinajstić information content (AvgIpc) is 3.09. The molecule has 94 valence electrons. The van der Waals surface area contributed by atoms with E-state index in [9.17, 15) is 9.59 Å². The second-order valence-corrected chi connectivity index (χ2v) is 4.78. The number of aliphatic carboxylic acids is 1. The Morgan fingerprint density at radius 3 is 2.41 bits per heavy atom. The van der Waals surface area contributed by atoms with E-state index in [1.165, 1.54) is 0 Å². The van der Waals surface area contributed by atoms with E-state index >= 15 is 0 Å². The molecule has 0 bridgehead atoms. The number of amides is 1. The molecule has 4 nitrogen and oxygen atoms in total. The van der Waals surface area contributed by atoms with Crippen molar-refractivity contribution in [2.24, 2.45) is 17.8 Å². The van der Waals surface area contributed by atoms with Gasteiger partial charge in [0.05, 0.1) is 12.5 Å². The average molecular weight is 237 g/mol. The maximum absolute atomic E-state index is 12.1. The molecule has 0 aromatic carbocycles. The van der Waals surface area contributed by atoms with Crippen LogP contribution in [0.25, 0.3) is 0 Å². The summed E-state index contributed by atoms with van der Waals surface area (Å²) in [6.07, 6.45) is 7.51. The topological polar surface area (TPSA) is 57.6 Å². The molecule has 0 radical (unpaired) electrons. The number of hydrogen-bond acceptors (Lipinski definition) is 2. The van der Waals surface area contributed by atoms with Gasteiger partial charge in [0.25, 0.3) is 0 Å². The number of terminal acetylenes is 1. The molecule has 4 heteroatoms. The Bertz CT molecular complexity index is 341. The molecule has 1 saturated carbocycles. The number of hydrogen-bond donors (Lipinski definition) is 1. The summed E-state index contributed by atoms with van der Waals surface area (Å²) in [6, 6.07) is 0. The Kier molecular flexibility index (Phi) is 4.56. The first-order valence-corrected chi connectivity index (χ1v) is 5.92. The van der Waals surface area contributed by atoms with E-state index < -0.39 is 17.8 Å². The van der Waals surface area contributed by atoms with Crippen molar-refractivity contribution in [3.8, 4) is 12.3 Å². The van der Waals surface area contributed by atoms with Crippen LogP contribution in [0, 0.1) is 30.1 Å². The van der Waals surface area contributed by atoms with Gasteiger partial charge in [-0.3, -0.25) is 9.59 Å². The standard InChI is InChI=1S/C13H19NO3/c1-4-7-14(8-11-5-6-11)12(15)9(2)10(3)13(16)17/h1,9-11H,5-8H2,2-3H3,(H,16,17). The summed E-state index contributed by atoms with van der Waals surface area (Å²) in [5.41, 5.74) is 0. The van der Waals surface area contributed by atoms with Gasteiger partial charge in [-0.05, 0) is 18.8 Å². The van der Waals surface area contributed by atoms with Crippen LogP contribution in [-0.2, 0) is 9.59 Å². The Morgan fingerprint density at radius 1 is 1.41 bits per heavy atom. The fourth-order valence-electron chi connectivity index (χ4n) is 1.67.